The monoisotopic (exact) mass is 357 g/mol. The number of hydrogen-bond acceptors (Lipinski definition) is 3. The second-order valence-corrected chi connectivity index (χ2v) is 6.55. The second-order valence-electron chi connectivity index (χ2n) is 4.69. The molecule has 2 rings (SSSR count). The van der Waals surface area contributed by atoms with E-state index in [1.54, 1.807) is 17.4 Å². The minimum absolute atomic E-state index is 0.106. The largest absolute Gasteiger partial charge is 0.483 e. The molecule has 2 nitrogen and oxygen atoms in total. The Morgan fingerprint density at radius 1 is 1.40 bits per heavy atom. The predicted molar refractivity (Wildman–Crippen MR) is 84.8 cm³/mol. The first-order valence-corrected chi connectivity index (χ1v) is 8.11. The number of nitrogens with two attached hydrogens (primary N) is 1. The lowest BCUT2D eigenvalue weighted by Crippen LogP contribution is -2.31. The van der Waals surface area contributed by atoms with Gasteiger partial charge in [0.1, 0.15) is 17.7 Å². The van der Waals surface area contributed by atoms with E-state index in [-0.39, 0.29) is 18.0 Å². The van der Waals surface area contributed by atoms with Crippen LogP contribution in [0.4, 0.5) is 4.39 Å². The fraction of sp³-hybridized carbons (Fsp3) is 0.333. The van der Waals surface area contributed by atoms with Crippen LogP contribution in [0.1, 0.15) is 29.9 Å². The number of hydrogen-bond donors (Lipinski definition) is 1. The van der Waals surface area contributed by atoms with E-state index in [2.05, 4.69) is 15.9 Å². The molecule has 2 atom stereocenters. The molecule has 1 aromatic heterocycles. The highest BCUT2D eigenvalue weighted by Crippen LogP contribution is 2.33. The van der Waals surface area contributed by atoms with Gasteiger partial charge >= 0.3 is 0 Å². The third-order valence-electron chi connectivity index (χ3n) is 3.12. The first-order chi connectivity index (χ1) is 9.51. The van der Waals surface area contributed by atoms with Gasteiger partial charge in [-0.1, -0.05) is 6.92 Å². The number of rotatable bonds is 5. The lowest BCUT2D eigenvalue weighted by molar-refractivity contribution is 0.173. The van der Waals surface area contributed by atoms with Crippen LogP contribution < -0.4 is 10.5 Å². The molecule has 2 unspecified atom stereocenters. The van der Waals surface area contributed by atoms with Gasteiger partial charge in [0.2, 0.25) is 0 Å². The van der Waals surface area contributed by atoms with E-state index in [1.165, 1.54) is 12.1 Å². The van der Waals surface area contributed by atoms with Crippen molar-refractivity contribution in [3.63, 3.8) is 0 Å². The molecule has 2 aromatic rings. The number of ether oxygens (including phenoxy) is 1. The molecule has 0 fully saturated rings. The molecule has 0 saturated carbocycles. The zero-order valence-corrected chi connectivity index (χ0v) is 13.8. The molecule has 0 amide bonds. The summed E-state index contributed by atoms with van der Waals surface area (Å²) in [7, 11) is 0. The highest BCUT2D eigenvalue weighted by molar-refractivity contribution is 9.10. The van der Waals surface area contributed by atoms with Crippen LogP contribution in [0, 0.1) is 12.7 Å². The lowest BCUT2D eigenvalue weighted by Gasteiger charge is -2.24. The third kappa shape index (κ3) is 3.59. The van der Waals surface area contributed by atoms with Crippen molar-refractivity contribution in [2.45, 2.75) is 32.4 Å². The van der Waals surface area contributed by atoms with Crippen molar-refractivity contribution in [1.29, 1.82) is 0 Å². The van der Waals surface area contributed by atoms with Crippen molar-refractivity contribution in [1.82, 2.24) is 0 Å². The molecule has 1 heterocycles. The number of aryl methyl sites for hydroxylation is 1. The van der Waals surface area contributed by atoms with Crippen LogP contribution in [0.25, 0.3) is 0 Å². The molecular formula is C15H17BrFNOS. The van der Waals surface area contributed by atoms with Crippen molar-refractivity contribution in [3.8, 4) is 5.75 Å². The van der Waals surface area contributed by atoms with Crippen LogP contribution in [0.2, 0.25) is 0 Å². The Bertz CT molecular complexity index is 587. The average Bonchev–Trinajstić information content (AvgIpc) is 2.83. The van der Waals surface area contributed by atoms with Gasteiger partial charge in [-0.15, -0.1) is 11.3 Å². The van der Waals surface area contributed by atoms with Gasteiger partial charge in [-0.05, 0) is 59.1 Å². The number of thiophene rings is 1. The van der Waals surface area contributed by atoms with Gasteiger partial charge in [0.15, 0.2) is 0 Å². The van der Waals surface area contributed by atoms with Crippen LogP contribution >= 0.6 is 27.3 Å². The van der Waals surface area contributed by atoms with E-state index in [1.807, 2.05) is 25.3 Å². The Hall–Kier alpha value is -0.910. The molecule has 1 aromatic carbocycles. The van der Waals surface area contributed by atoms with E-state index >= 15 is 0 Å². The molecule has 0 spiro atoms. The van der Waals surface area contributed by atoms with Crippen molar-refractivity contribution < 1.29 is 9.13 Å². The first kappa shape index (κ1) is 15.5. The number of halogens is 2. The van der Waals surface area contributed by atoms with E-state index in [4.69, 9.17) is 10.5 Å². The summed E-state index contributed by atoms with van der Waals surface area (Å²) in [5.41, 5.74) is 6.95. The van der Waals surface area contributed by atoms with Crippen molar-refractivity contribution in [2.24, 2.45) is 5.73 Å². The Balaban J connectivity index is 2.28. The van der Waals surface area contributed by atoms with Gasteiger partial charge in [-0.25, -0.2) is 4.39 Å². The fourth-order valence-electron chi connectivity index (χ4n) is 1.93. The van der Waals surface area contributed by atoms with Crippen LogP contribution in [0.15, 0.2) is 34.1 Å². The summed E-state index contributed by atoms with van der Waals surface area (Å²) in [6, 6.07) is 6.44. The van der Waals surface area contributed by atoms with Gasteiger partial charge in [0.05, 0.1) is 0 Å². The highest BCUT2D eigenvalue weighted by atomic mass is 79.9. The number of benzene rings is 1. The molecule has 0 aliphatic rings. The normalized spacial score (nSPS) is 14.1. The van der Waals surface area contributed by atoms with Gasteiger partial charge in [-0.3, -0.25) is 0 Å². The van der Waals surface area contributed by atoms with Gasteiger partial charge in [-0.2, -0.15) is 0 Å². The molecule has 0 saturated heterocycles. The Morgan fingerprint density at radius 2 is 2.15 bits per heavy atom. The quantitative estimate of drug-likeness (QED) is 0.832. The highest BCUT2D eigenvalue weighted by Gasteiger charge is 2.23. The summed E-state index contributed by atoms with van der Waals surface area (Å²) in [6.07, 6.45) is 0.584. The molecule has 108 valence electrons. The lowest BCUT2D eigenvalue weighted by atomic mass is 10.1. The maximum atomic E-state index is 13.2. The topological polar surface area (TPSA) is 35.2 Å². The van der Waals surface area contributed by atoms with Gasteiger partial charge in [0.25, 0.3) is 0 Å². The zero-order chi connectivity index (χ0) is 14.7. The fourth-order valence-corrected chi connectivity index (χ4v) is 3.48. The summed E-state index contributed by atoms with van der Waals surface area (Å²) in [4.78, 5) is 1.06. The minimum Gasteiger partial charge on any atom is -0.483 e. The van der Waals surface area contributed by atoms with Crippen LogP contribution in [-0.4, -0.2) is 6.04 Å². The molecule has 0 radical (unpaired) electrons. The standard InChI is InChI=1S/C15H17BrFNOS/c1-3-12(18)15(14-7-10(16)8-20-14)19-13-5-4-11(17)6-9(13)2/h4-8,12,15H,3,18H2,1-2H3. The van der Waals surface area contributed by atoms with Crippen molar-refractivity contribution >= 4 is 27.3 Å². The summed E-state index contributed by atoms with van der Waals surface area (Å²) in [6.45, 7) is 3.86. The second kappa shape index (κ2) is 6.70. The third-order valence-corrected chi connectivity index (χ3v) is 4.87. The zero-order valence-electron chi connectivity index (χ0n) is 11.4. The summed E-state index contributed by atoms with van der Waals surface area (Å²) in [5, 5.41) is 2.01. The summed E-state index contributed by atoms with van der Waals surface area (Å²) in [5.74, 6) is 0.412. The summed E-state index contributed by atoms with van der Waals surface area (Å²) >= 11 is 5.05. The molecular weight excluding hydrogens is 341 g/mol. The van der Waals surface area contributed by atoms with Crippen molar-refractivity contribution in [3.05, 3.63) is 50.4 Å². The molecule has 0 bridgehead atoms. The Kier molecular flexibility index (Phi) is 5.18. The average molecular weight is 358 g/mol. The van der Waals surface area contributed by atoms with E-state index in [9.17, 15) is 4.39 Å². The molecule has 5 heteroatoms. The Morgan fingerprint density at radius 3 is 2.70 bits per heavy atom. The molecule has 0 aliphatic carbocycles. The Labute approximate surface area is 130 Å². The maximum Gasteiger partial charge on any atom is 0.148 e. The van der Waals surface area contributed by atoms with E-state index in [0.29, 0.717) is 5.75 Å². The molecule has 0 aliphatic heterocycles. The molecule has 20 heavy (non-hydrogen) atoms. The first-order valence-electron chi connectivity index (χ1n) is 6.43. The maximum absolute atomic E-state index is 13.2. The van der Waals surface area contributed by atoms with E-state index in [0.717, 1.165) is 21.3 Å². The van der Waals surface area contributed by atoms with E-state index < -0.39 is 0 Å². The summed E-state index contributed by atoms with van der Waals surface area (Å²) < 4.78 is 20.2. The van der Waals surface area contributed by atoms with Gasteiger partial charge in [0, 0.05) is 20.8 Å². The van der Waals surface area contributed by atoms with Crippen LogP contribution in [-0.2, 0) is 0 Å². The van der Waals surface area contributed by atoms with Crippen molar-refractivity contribution in [2.75, 3.05) is 0 Å². The molecule has 2 N–H and O–H groups in total. The minimum atomic E-state index is -0.259. The van der Waals surface area contributed by atoms with Crippen LogP contribution in [0.5, 0.6) is 5.75 Å². The predicted octanol–water partition coefficient (Wildman–Crippen LogP) is 4.82. The SMILES string of the molecule is CCC(N)C(Oc1ccc(F)cc1C)c1cc(Br)cs1. The smallest absolute Gasteiger partial charge is 0.148 e. The van der Waals surface area contributed by atoms with Gasteiger partial charge < -0.3 is 10.5 Å². The van der Waals surface area contributed by atoms with Crippen LogP contribution in [0.3, 0.4) is 0 Å².